The fraction of sp³-hybridized carbons (Fsp3) is 0. The van der Waals surface area contributed by atoms with Crippen molar-refractivity contribution in [2.45, 2.75) is 0 Å². The highest BCUT2D eigenvalue weighted by Gasteiger charge is 2.25. The third-order valence-electron chi connectivity index (χ3n) is 4.69. The summed E-state index contributed by atoms with van der Waals surface area (Å²) in [7, 11) is 0. The molecule has 0 fully saturated rings. The van der Waals surface area contributed by atoms with Gasteiger partial charge in [0, 0.05) is 11.1 Å². The van der Waals surface area contributed by atoms with Crippen molar-refractivity contribution >= 4 is 0 Å². The Morgan fingerprint density at radius 1 is 0.655 bits per heavy atom. The molecule has 0 aliphatic rings. The van der Waals surface area contributed by atoms with Gasteiger partial charge in [-0.1, -0.05) is 78.0 Å². The molecule has 0 bridgehead atoms. The van der Waals surface area contributed by atoms with E-state index in [-0.39, 0.29) is 5.75 Å². The number of nitrogens with zero attached hydrogens (tertiary/aromatic N) is 2. The maximum absolute atomic E-state index is 9.86. The Labute approximate surface area is 166 Å². The number of hydrogen-bond acceptors (Lipinski definition) is 5. The van der Waals surface area contributed by atoms with Crippen LogP contribution in [-0.4, -0.2) is 15.2 Å². The lowest BCUT2D eigenvalue weighted by Gasteiger charge is -2.05. The summed E-state index contributed by atoms with van der Waals surface area (Å²) in [6, 6.07) is 26.6. The molecule has 0 spiro atoms. The molecule has 0 radical (unpaired) electrons. The molecular formula is C24H16N2O3. The van der Waals surface area contributed by atoms with Crippen molar-refractivity contribution in [2.75, 3.05) is 0 Å². The van der Waals surface area contributed by atoms with Crippen molar-refractivity contribution in [3.05, 3.63) is 91.3 Å². The van der Waals surface area contributed by atoms with Gasteiger partial charge in [-0.25, -0.2) is 4.98 Å². The van der Waals surface area contributed by atoms with Crippen LogP contribution in [-0.2, 0) is 0 Å². The molecule has 3 aromatic carbocycles. The number of benzene rings is 3. The van der Waals surface area contributed by atoms with Crippen LogP contribution in [0.1, 0.15) is 0 Å². The lowest BCUT2D eigenvalue weighted by atomic mass is 9.97. The quantitative estimate of drug-likeness (QED) is 0.412. The second kappa shape index (κ2) is 7.13. The van der Waals surface area contributed by atoms with Gasteiger partial charge in [0.05, 0.1) is 5.56 Å². The monoisotopic (exact) mass is 380 g/mol. The average molecular weight is 380 g/mol. The van der Waals surface area contributed by atoms with Crippen LogP contribution in [0.15, 0.2) is 100 Å². The van der Waals surface area contributed by atoms with Crippen LogP contribution in [0.4, 0.5) is 0 Å². The maximum atomic E-state index is 9.86. The Hall–Kier alpha value is -4.12. The SMILES string of the molecule is Oc1cccc(-c2ocnc2-c2onc(-c3ccccc3)c2-c2ccccc2)c1. The number of aromatic nitrogens is 2. The molecule has 0 aliphatic carbocycles. The highest BCUT2D eigenvalue weighted by atomic mass is 16.5. The smallest absolute Gasteiger partial charge is 0.197 e. The molecule has 0 atom stereocenters. The Bertz CT molecular complexity index is 1260. The van der Waals surface area contributed by atoms with E-state index >= 15 is 0 Å². The number of oxazole rings is 1. The molecule has 1 N–H and O–H groups in total. The predicted octanol–water partition coefficient (Wildman–Crippen LogP) is 6.04. The van der Waals surface area contributed by atoms with Gasteiger partial charge in [0.15, 0.2) is 23.6 Å². The molecule has 2 aromatic heterocycles. The highest BCUT2D eigenvalue weighted by molar-refractivity contribution is 5.92. The maximum Gasteiger partial charge on any atom is 0.197 e. The van der Waals surface area contributed by atoms with E-state index in [2.05, 4.69) is 10.1 Å². The normalized spacial score (nSPS) is 10.9. The van der Waals surface area contributed by atoms with Crippen LogP contribution in [0.3, 0.4) is 0 Å². The van der Waals surface area contributed by atoms with E-state index in [9.17, 15) is 5.11 Å². The molecule has 0 aliphatic heterocycles. The van der Waals surface area contributed by atoms with Gasteiger partial charge in [-0.15, -0.1) is 0 Å². The highest BCUT2D eigenvalue weighted by Crippen LogP contribution is 2.42. The minimum absolute atomic E-state index is 0.149. The fourth-order valence-corrected chi connectivity index (χ4v) is 3.38. The predicted molar refractivity (Wildman–Crippen MR) is 110 cm³/mol. The van der Waals surface area contributed by atoms with E-state index in [0.717, 1.165) is 22.4 Å². The van der Waals surface area contributed by atoms with Gasteiger partial charge in [0.1, 0.15) is 11.4 Å². The summed E-state index contributed by atoms with van der Waals surface area (Å²) in [5, 5.41) is 14.2. The minimum Gasteiger partial charge on any atom is -0.508 e. The van der Waals surface area contributed by atoms with Gasteiger partial charge < -0.3 is 14.0 Å². The summed E-state index contributed by atoms with van der Waals surface area (Å²) >= 11 is 0. The molecule has 0 amide bonds. The Kier molecular flexibility index (Phi) is 4.18. The number of hydrogen-bond donors (Lipinski definition) is 1. The summed E-state index contributed by atoms with van der Waals surface area (Å²) in [6.45, 7) is 0. The van der Waals surface area contributed by atoms with Gasteiger partial charge in [-0.2, -0.15) is 0 Å². The molecule has 5 heteroatoms. The lowest BCUT2D eigenvalue weighted by Crippen LogP contribution is -1.87. The van der Waals surface area contributed by atoms with Gasteiger partial charge in [-0.3, -0.25) is 0 Å². The zero-order chi connectivity index (χ0) is 19.6. The van der Waals surface area contributed by atoms with Crippen LogP contribution in [0.5, 0.6) is 5.75 Å². The van der Waals surface area contributed by atoms with E-state index in [1.54, 1.807) is 18.2 Å². The summed E-state index contributed by atoms with van der Waals surface area (Å²) in [6.07, 6.45) is 1.37. The Morgan fingerprint density at radius 3 is 2.07 bits per heavy atom. The molecule has 0 unspecified atom stereocenters. The third kappa shape index (κ3) is 3.08. The van der Waals surface area contributed by atoms with Crippen LogP contribution in [0.2, 0.25) is 0 Å². The van der Waals surface area contributed by atoms with Gasteiger partial charge in [0.2, 0.25) is 0 Å². The molecule has 5 rings (SSSR count). The van der Waals surface area contributed by atoms with Crippen molar-refractivity contribution in [1.82, 2.24) is 10.1 Å². The zero-order valence-electron chi connectivity index (χ0n) is 15.3. The molecule has 29 heavy (non-hydrogen) atoms. The second-order valence-corrected chi connectivity index (χ2v) is 6.55. The van der Waals surface area contributed by atoms with Crippen molar-refractivity contribution in [3.63, 3.8) is 0 Å². The molecule has 5 aromatic rings. The van der Waals surface area contributed by atoms with E-state index < -0.39 is 0 Å². The zero-order valence-corrected chi connectivity index (χ0v) is 15.3. The molecule has 0 saturated carbocycles. The van der Waals surface area contributed by atoms with Crippen LogP contribution in [0, 0.1) is 0 Å². The van der Waals surface area contributed by atoms with Crippen molar-refractivity contribution in [3.8, 4) is 50.9 Å². The summed E-state index contributed by atoms with van der Waals surface area (Å²) < 4.78 is 11.5. The summed E-state index contributed by atoms with van der Waals surface area (Å²) in [5.41, 5.74) is 4.72. The van der Waals surface area contributed by atoms with Gasteiger partial charge in [-0.05, 0) is 17.7 Å². The van der Waals surface area contributed by atoms with Crippen molar-refractivity contribution < 1.29 is 14.0 Å². The third-order valence-corrected chi connectivity index (χ3v) is 4.69. The first kappa shape index (κ1) is 17.0. The largest absolute Gasteiger partial charge is 0.508 e. The van der Waals surface area contributed by atoms with Crippen LogP contribution >= 0.6 is 0 Å². The number of phenols is 1. The van der Waals surface area contributed by atoms with Crippen molar-refractivity contribution in [1.29, 1.82) is 0 Å². The van der Waals surface area contributed by atoms with E-state index in [0.29, 0.717) is 22.8 Å². The summed E-state index contributed by atoms with van der Waals surface area (Å²) in [5.74, 6) is 1.17. The number of phenolic OH excluding ortho intramolecular Hbond substituents is 1. The van der Waals surface area contributed by atoms with E-state index in [1.165, 1.54) is 6.39 Å². The Balaban J connectivity index is 1.74. The topological polar surface area (TPSA) is 72.3 Å². The Morgan fingerprint density at radius 2 is 1.34 bits per heavy atom. The van der Waals surface area contributed by atoms with Crippen molar-refractivity contribution in [2.24, 2.45) is 0 Å². The van der Waals surface area contributed by atoms with Crippen LogP contribution in [0.25, 0.3) is 45.2 Å². The first-order chi connectivity index (χ1) is 14.3. The average Bonchev–Trinajstić information content (AvgIpc) is 3.42. The molecule has 5 nitrogen and oxygen atoms in total. The lowest BCUT2D eigenvalue weighted by molar-refractivity contribution is 0.434. The van der Waals surface area contributed by atoms with E-state index in [1.807, 2.05) is 66.7 Å². The molecule has 0 saturated heterocycles. The van der Waals surface area contributed by atoms with E-state index in [4.69, 9.17) is 8.94 Å². The second-order valence-electron chi connectivity index (χ2n) is 6.55. The fourth-order valence-electron chi connectivity index (χ4n) is 3.38. The van der Waals surface area contributed by atoms with Gasteiger partial charge in [0.25, 0.3) is 0 Å². The number of rotatable bonds is 4. The molecular weight excluding hydrogens is 364 g/mol. The summed E-state index contributed by atoms with van der Waals surface area (Å²) in [4.78, 5) is 4.40. The minimum atomic E-state index is 0.149. The van der Waals surface area contributed by atoms with Gasteiger partial charge >= 0.3 is 0 Å². The molecule has 2 heterocycles. The molecule has 140 valence electrons. The van der Waals surface area contributed by atoms with Crippen LogP contribution < -0.4 is 0 Å². The standard InChI is InChI=1S/C24H16N2O3/c27-19-13-7-12-18(14-19)23-22(25-15-28-23)24-20(16-8-3-1-4-9-16)21(26-29-24)17-10-5-2-6-11-17/h1-15,27H. The first-order valence-corrected chi connectivity index (χ1v) is 9.15. The first-order valence-electron chi connectivity index (χ1n) is 9.15. The number of aromatic hydroxyl groups is 1.